The van der Waals surface area contributed by atoms with Crippen LogP contribution in [0.1, 0.15) is 21.6 Å². The molecule has 0 atom stereocenters. The summed E-state index contributed by atoms with van der Waals surface area (Å²) < 4.78 is 0. The molecule has 1 N–H and O–H groups in total. The zero-order valence-corrected chi connectivity index (χ0v) is 11.4. The van der Waals surface area contributed by atoms with Gasteiger partial charge in [-0.25, -0.2) is 0 Å². The molecule has 0 spiro atoms. The lowest BCUT2D eigenvalue weighted by Gasteiger charge is -2.05. The van der Waals surface area contributed by atoms with Gasteiger partial charge in [0.15, 0.2) is 0 Å². The number of hydrogen-bond acceptors (Lipinski definition) is 2. The van der Waals surface area contributed by atoms with E-state index in [1.165, 1.54) is 0 Å². The summed E-state index contributed by atoms with van der Waals surface area (Å²) >= 11 is 5.90. The SMILES string of the molecule is Cc1ccc(C(=O)NCCc2cccc(Cl)c2)cn1. The van der Waals surface area contributed by atoms with Gasteiger partial charge >= 0.3 is 0 Å². The standard InChI is InChI=1S/C15H15ClN2O/c1-11-5-6-13(10-18-11)15(19)17-8-7-12-3-2-4-14(16)9-12/h2-6,9-10H,7-8H2,1H3,(H,17,19). The third-order valence-electron chi connectivity index (χ3n) is 2.76. The van der Waals surface area contributed by atoms with Crippen molar-refractivity contribution in [3.8, 4) is 0 Å². The summed E-state index contributed by atoms with van der Waals surface area (Å²) in [6.45, 7) is 2.47. The fraction of sp³-hybridized carbons (Fsp3) is 0.200. The maximum atomic E-state index is 11.8. The van der Waals surface area contributed by atoms with E-state index in [1.807, 2.05) is 37.3 Å². The molecule has 0 bridgehead atoms. The molecule has 0 saturated carbocycles. The zero-order valence-electron chi connectivity index (χ0n) is 10.7. The van der Waals surface area contributed by atoms with Gasteiger partial charge in [-0.3, -0.25) is 9.78 Å². The van der Waals surface area contributed by atoms with Crippen molar-refractivity contribution in [2.75, 3.05) is 6.54 Å². The van der Waals surface area contributed by atoms with Crippen molar-refractivity contribution in [2.24, 2.45) is 0 Å². The Kier molecular flexibility index (Phi) is 4.53. The fourth-order valence-corrected chi connectivity index (χ4v) is 1.93. The Balaban J connectivity index is 1.86. The van der Waals surface area contributed by atoms with Crippen molar-refractivity contribution in [2.45, 2.75) is 13.3 Å². The number of rotatable bonds is 4. The lowest BCUT2D eigenvalue weighted by molar-refractivity contribution is 0.0954. The summed E-state index contributed by atoms with van der Waals surface area (Å²) in [5.41, 5.74) is 2.59. The number of hydrogen-bond donors (Lipinski definition) is 1. The van der Waals surface area contributed by atoms with E-state index in [0.29, 0.717) is 17.1 Å². The second-order valence-electron chi connectivity index (χ2n) is 4.32. The normalized spacial score (nSPS) is 10.2. The van der Waals surface area contributed by atoms with Crippen LogP contribution in [0.5, 0.6) is 0 Å². The van der Waals surface area contributed by atoms with E-state index in [2.05, 4.69) is 10.3 Å². The van der Waals surface area contributed by atoms with E-state index in [9.17, 15) is 4.79 Å². The number of aromatic nitrogens is 1. The van der Waals surface area contributed by atoms with E-state index in [1.54, 1.807) is 12.3 Å². The molecule has 0 unspecified atom stereocenters. The minimum Gasteiger partial charge on any atom is -0.352 e. The molecule has 2 aromatic rings. The summed E-state index contributed by atoms with van der Waals surface area (Å²) in [5, 5.41) is 3.58. The molecule has 0 aliphatic carbocycles. The number of nitrogens with zero attached hydrogens (tertiary/aromatic N) is 1. The van der Waals surface area contributed by atoms with Crippen LogP contribution in [-0.2, 0) is 6.42 Å². The summed E-state index contributed by atoms with van der Waals surface area (Å²) in [4.78, 5) is 15.9. The lowest BCUT2D eigenvalue weighted by Crippen LogP contribution is -2.25. The Morgan fingerprint density at radius 2 is 2.16 bits per heavy atom. The van der Waals surface area contributed by atoms with Crippen molar-refractivity contribution >= 4 is 17.5 Å². The highest BCUT2D eigenvalue weighted by molar-refractivity contribution is 6.30. The van der Waals surface area contributed by atoms with Crippen LogP contribution < -0.4 is 5.32 Å². The van der Waals surface area contributed by atoms with Crippen molar-refractivity contribution in [1.29, 1.82) is 0 Å². The Bertz CT molecular complexity index is 567. The summed E-state index contributed by atoms with van der Waals surface area (Å²) in [5.74, 6) is -0.102. The smallest absolute Gasteiger partial charge is 0.252 e. The minimum atomic E-state index is -0.102. The van der Waals surface area contributed by atoms with E-state index in [0.717, 1.165) is 17.7 Å². The number of aryl methyl sites for hydroxylation is 1. The number of amides is 1. The third-order valence-corrected chi connectivity index (χ3v) is 3.00. The topological polar surface area (TPSA) is 42.0 Å². The molecule has 0 aliphatic heterocycles. The average molecular weight is 275 g/mol. The molecule has 0 fully saturated rings. The summed E-state index contributed by atoms with van der Waals surface area (Å²) in [7, 11) is 0. The molecule has 1 heterocycles. The second-order valence-corrected chi connectivity index (χ2v) is 4.76. The Morgan fingerprint density at radius 1 is 1.32 bits per heavy atom. The first-order valence-electron chi connectivity index (χ1n) is 6.10. The van der Waals surface area contributed by atoms with Gasteiger partial charge in [0.25, 0.3) is 5.91 Å². The maximum Gasteiger partial charge on any atom is 0.252 e. The highest BCUT2D eigenvalue weighted by Crippen LogP contribution is 2.10. The van der Waals surface area contributed by atoms with Crippen LogP contribution in [0.3, 0.4) is 0 Å². The van der Waals surface area contributed by atoms with E-state index < -0.39 is 0 Å². The van der Waals surface area contributed by atoms with Crippen LogP contribution >= 0.6 is 11.6 Å². The number of halogens is 1. The van der Waals surface area contributed by atoms with Gasteiger partial charge in [-0.15, -0.1) is 0 Å². The molecule has 0 radical (unpaired) electrons. The number of carbonyl (C=O) groups is 1. The van der Waals surface area contributed by atoms with E-state index in [4.69, 9.17) is 11.6 Å². The fourth-order valence-electron chi connectivity index (χ4n) is 1.72. The maximum absolute atomic E-state index is 11.8. The third kappa shape index (κ3) is 4.07. The van der Waals surface area contributed by atoms with Gasteiger partial charge in [0.2, 0.25) is 0 Å². The van der Waals surface area contributed by atoms with Crippen LogP contribution in [0.4, 0.5) is 0 Å². The first-order chi connectivity index (χ1) is 9.15. The number of pyridine rings is 1. The van der Waals surface area contributed by atoms with Crippen LogP contribution in [0.2, 0.25) is 5.02 Å². The highest BCUT2D eigenvalue weighted by Gasteiger charge is 2.04. The van der Waals surface area contributed by atoms with Gasteiger partial charge in [0.05, 0.1) is 5.56 Å². The molecule has 19 heavy (non-hydrogen) atoms. The molecule has 3 nitrogen and oxygen atoms in total. The van der Waals surface area contributed by atoms with Crippen molar-refractivity contribution in [3.63, 3.8) is 0 Å². The molecule has 1 amide bonds. The highest BCUT2D eigenvalue weighted by atomic mass is 35.5. The first-order valence-corrected chi connectivity index (χ1v) is 6.48. The minimum absolute atomic E-state index is 0.102. The molecular weight excluding hydrogens is 260 g/mol. The molecule has 1 aromatic carbocycles. The number of carbonyl (C=O) groups excluding carboxylic acids is 1. The number of benzene rings is 1. The summed E-state index contributed by atoms with van der Waals surface area (Å²) in [6, 6.07) is 11.2. The second kappa shape index (κ2) is 6.34. The van der Waals surface area contributed by atoms with Gasteiger partial charge in [-0.1, -0.05) is 23.7 Å². The van der Waals surface area contributed by atoms with Crippen molar-refractivity contribution in [3.05, 3.63) is 64.4 Å². The summed E-state index contributed by atoms with van der Waals surface area (Å²) in [6.07, 6.45) is 2.34. The van der Waals surface area contributed by atoms with Gasteiger partial charge in [0, 0.05) is 23.5 Å². The molecule has 1 aromatic heterocycles. The average Bonchev–Trinajstić information content (AvgIpc) is 2.39. The molecular formula is C15H15ClN2O. The van der Waals surface area contributed by atoms with Crippen molar-refractivity contribution < 1.29 is 4.79 Å². The van der Waals surface area contributed by atoms with Gasteiger partial charge < -0.3 is 5.32 Å². The predicted octanol–water partition coefficient (Wildman–Crippen LogP) is 3.02. The van der Waals surface area contributed by atoms with Gasteiger partial charge in [0.1, 0.15) is 0 Å². The van der Waals surface area contributed by atoms with Crippen molar-refractivity contribution in [1.82, 2.24) is 10.3 Å². The lowest BCUT2D eigenvalue weighted by atomic mass is 10.1. The Labute approximate surface area is 117 Å². The van der Waals surface area contributed by atoms with E-state index >= 15 is 0 Å². The predicted molar refractivity (Wildman–Crippen MR) is 76.5 cm³/mol. The van der Waals surface area contributed by atoms with Crippen LogP contribution in [0.15, 0.2) is 42.6 Å². The zero-order chi connectivity index (χ0) is 13.7. The van der Waals surface area contributed by atoms with Crippen LogP contribution in [0, 0.1) is 6.92 Å². The monoisotopic (exact) mass is 274 g/mol. The Hall–Kier alpha value is -1.87. The molecule has 0 saturated heterocycles. The molecule has 98 valence electrons. The molecule has 4 heteroatoms. The van der Waals surface area contributed by atoms with E-state index in [-0.39, 0.29) is 5.91 Å². The van der Waals surface area contributed by atoms with Gasteiger partial charge in [-0.05, 0) is 43.2 Å². The van der Waals surface area contributed by atoms with Crippen LogP contribution in [0.25, 0.3) is 0 Å². The number of nitrogens with one attached hydrogen (secondary N) is 1. The van der Waals surface area contributed by atoms with Gasteiger partial charge in [-0.2, -0.15) is 0 Å². The largest absolute Gasteiger partial charge is 0.352 e. The quantitative estimate of drug-likeness (QED) is 0.931. The first kappa shape index (κ1) is 13.6. The van der Waals surface area contributed by atoms with Crippen LogP contribution in [-0.4, -0.2) is 17.4 Å². The molecule has 0 aliphatic rings. The molecule has 2 rings (SSSR count). The Morgan fingerprint density at radius 3 is 2.84 bits per heavy atom.